The highest BCUT2D eigenvalue weighted by Crippen LogP contribution is 2.38. The average Bonchev–Trinajstić information content (AvgIpc) is 3.55. The number of aliphatic hydroxyl groups is 1. The minimum Gasteiger partial charge on any atom is -0.451 e. The summed E-state index contributed by atoms with van der Waals surface area (Å²) < 4.78 is 32.7. The van der Waals surface area contributed by atoms with E-state index in [2.05, 4.69) is 16.4 Å². The van der Waals surface area contributed by atoms with E-state index >= 15 is 0 Å². The molecule has 37 heavy (non-hydrogen) atoms. The Morgan fingerprint density at radius 1 is 1.03 bits per heavy atom. The van der Waals surface area contributed by atoms with Crippen molar-refractivity contribution in [1.82, 2.24) is 9.71 Å². The number of aryl methyl sites for hydroxylation is 1. The van der Waals surface area contributed by atoms with Crippen LogP contribution in [0.3, 0.4) is 0 Å². The van der Waals surface area contributed by atoms with Crippen LogP contribution in [-0.2, 0) is 28.5 Å². The third-order valence-electron chi connectivity index (χ3n) is 6.49. The van der Waals surface area contributed by atoms with E-state index < -0.39 is 26.7 Å². The molecule has 8 nitrogen and oxygen atoms in total. The smallest absolute Gasteiger partial charge is 0.333 e. The number of aromatic nitrogens is 1. The summed E-state index contributed by atoms with van der Waals surface area (Å²) in [4.78, 5) is 17.1. The summed E-state index contributed by atoms with van der Waals surface area (Å²) in [6.07, 6.45) is 7.32. The first-order chi connectivity index (χ1) is 17.6. The van der Waals surface area contributed by atoms with Gasteiger partial charge in [-0.2, -0.15) is 8.42 Å². The Bertz CT molecular complexity index is 1550. The number of pyridine rings is 1. The minimum absolute atomic E-state index is 0.283. The highest BCUT2D eigenvalue weighted by molar-refractivity contribution is 7.89. The van der Waals surface area contributed by atoms with Crippen LogP contribution in [0.1, 0.15) is 37.0 Å². The zero-order valence-corrected chi connectivity index (χ0v) is 21.3. The Labute approximate surface area is 215 Å². The summed E-state index contributed by atoms with van der Waals surface area (Å²) in [5.41, 5.74) is 5.43. The fourth-order valence-corrected chi connectivity index (χ4v) is 5.37. The van der Waals surface area contributed by atoms with E-state index in [4.69, 9.17) is 4.42 Å². The van der Waals surface area contributed by atoms with Crippen LogP contribution >= 0.6 is 0 Å². The normalized spacial score (nSPS) is 13.3. The Kier molecular flexibility index (Phi) is 6.35. The van der Waals surface area contributed by atoms with E-state index in [1.807, 2.05) is 47.2 Å². The van der Waals surface area contributed by atoms with Gasteiger partial charge >= 0.3 is 6.03 Å². The minimum atomic E-state index is -4.29. The third-order valence-corrected chi connectivity index (χ3v) is 7.68. The number of hydrogen-bond acceptors (Lipinski definition) is 6. The number of nitrogens with one attached hydrogen (secondary N) is 2. The molecule has 2 aromatic heterocycles. The van der Waals surface area contributed by atoms with Gasteiger partial charge in [0, 0.05) is 29.6 Å². The summed E-state index contributed by atoms with van der Waals surface area (Å²) in [6.45, 7) is 3.02. The number of carbonyl (C=O) groups excluding carboxylic acids is 1. The number of urea groups is 1. The first kappa shape index (κ1) is 24.7. The SMILES string of the molecule is CC(C)(O)c1coc(S(=O)(=O)NC(=O)Nc2c(-c3ccc(-c4cccnc4)cc3)ccc3c2CCC3)c1. The second kappa shape index (κ2) is 9.49. The van der Waals surface area contributed by atoms with Gasteiger partial charge in [0.15, 0.2) is 0 Å². The molecule has 190 valence electrons. The summed E-state index contributed by atoms with van der Waals surface area (Å²) in [6, 6.07) is 16.1. The quantitative estimate of drug-likeness (QED) is 0.322. The van der Waals surface area contributed by atoms with Gasteiger partial charge in [-0.15, -0.1) is 0 Å². The van der Waals surface area contributed by atoms with E-state index in [-0.39, 0.29) is 5.56 Å². The number of rotatable bonds is 6. The van der Waals surface area contributed by atoms with Crippen LogP contribution < -0.4 is 10.0 Å². The molecule has 0 aliphatic heterocycles. The number of carbonyl (C=O) groups is 1. The fraction of sp³-hybridized carbons (Fsp3) is 0.214. The van der Waals surface area contributed by atoms with Crippen molar-refractivity contribution in [2.24, 2.45) is 0 Å². The summed E-state index contributed by atoms with van der Waals surface area (Å²) in [5.74, 6) is 0. The van der Waals surface area contributed by atoms with Crippen molar-refractivity contribution in [2.75, 3.05) is 5.32 Å². The number of benzene rings is 2. The van der Waals surface area contributed by atoms with Gasteiger partial charge in [0.05, 0.1) is 17.6 Å². The van der Waals surface area contributed by atoms with E-state index in [1.54, 1.807) is 12.4 Å². The topological polar surface area (TPSA) is 122 Å². The largest absolute Gasteiger partial charge is 0.451 e. The highest BCUT2D eigenvalue weighted by Gasteiger charge is 2.27. The van der Waals surface area contributed by atoms with Crippen molar-refractivity contribution in [1.29, 1.82) is 0 Å². The van der Waals surface area contributed by atoms with Gasteiger partial charge in [-0.05, 0) is 67.0 Å². The number of fused-ring (bicyclic) bond motifs is 1. The lowest BCUT2D eigenvalue weighted by atomic mass is 9.96. The van der Waals surface area contributed by atoms with Gasteiger partial charge in [-0.3, -0.25) is 4.98 Å². The average molecular weight is 518 g/mol. The van der Waals surface area contributed by atoms with Crippen LogP contribution in [0.15, 0.2) is 82.8 Å². The predicted octanol–water partition coefficient (Wildman–Crippen LogP) is 5.24. The lowest BCUT2D eigenvalue weighted by Gasteiger charge is -2.17. The Morgan fingerprint density at radius 2 is 1.78 bits per heavy atom. The van der Waals surface area contributed by atoms with E-state index in [1.165, 1.54) is 19.9 Å². The standard InChI is InChI=1S/C28H27N3O5S/c1-28(2,33)22-15-25(36-17-22)37(34,35)31-27(32)30-26-23-7-3-5-19(23)12-13-24(26)20-10-8-18(9-11-20)21-6-4-14-29-16-21/h4,6,8-17,33H,3,5,7H2,1-2H3,(H2,30,31,32). The first-order valence-electron chi connectivity index (χ1n) is 11.9. The Hall–Kier alpha value is -3.95. The third kappa shape index (κ3) is 5.14. The van der Waals surface area contributed by atoms with Gasteiger partial charge < -0.3 is 14.8 Å². The molecule has 2 heterocycles. The zero-order valence-electron chi connectivity index (χ0n) is 20.5. The van der Waals surface area contributed by atoms with Crippen molar-refractivity contribution in [3.05, 3.63) is 89.9 Å². The van der Waals surface area contributed by atoms with Crippen LogP contribution in [0.4, 0.5) is 10.5 Å². The number of nitrogens with zero attached hydrogens (tertiary/aromatic N) is 1. The molecule has 0 saturated carbocycles. The molecule has 1 aliphatic carbocycles. The van der Waals surface area contributed by atoms with Gasteiger partial charge in [-0.1, -0.05) is 42.5 Å². The predicted molar refractivity (Wildman–Crippen MR) is 140 cm³/mol. The van der Waals surface area contributed by atoms with Crippen LogP contribution in [0.25, 0.3) is 22.3 Å². The molecule has 3 N–H and O–H groups in total. The lowest BCUT2D eigenvalue weighted by Crippen LogP contribution is -2.34. The molecule has 0 radical (unpaired) electrons. The van der Waals surface area contributed by atoms with Crippen LogP contribution in [0.5, 0.6) is 0 Å². The van der Waals surface area contributed by atoms with Crippen molar-refractivity contribution in [3.63, 3.8) is 0 Å². The van der Waals surface area contributed by atoms with Gasteiger partial charge in [0.1, 0.15) is 0 Å². The molecule has 0 saturated heterocycles. The molecule has 0 unspecified atom stereocenters. The maximum atomic E-state index is 12.9. The maximum absolute atomic E-state index is 12.9. The van der Waals surface area contributed by atoms with Crippen molar-refractivity contribution >= 4 is 21.7 Å². The molecule has 2 aromatic carbocycles. The fourth-order valence-electron chi connectivity index (χ4n) is 4.52. The second-order valence-corrected chi connectivity index (χ2v) is 11.2. The second-order valence-electron chi connectivity index (χ2n) is 9.57. The van der Waals surface area contributed by atoms with Gasteiger partial charge in [-0.25, -0.2) is 9.52 Å². The molecule has 0 fully saturated rings. The summed E-state index contributed by atoms with van der Waals surface area (Å²) in [5, 5.41) is 12.4. The molecule has 5 rings (SSSR count). The van der Waals surface area contributed by atoms with Gasteiger partial charge in [0.25, 0.3) is 10.0 Å². The number of amides is 2. The molecule has 9 heteroatoms. The number of anilines is 1. The van der Waals surface area contributed by atoms with Gasteiger partial charge in [0.2, 0.25) is 5.09 Å². The lowest BCUT2D eigenvalue weighted by molar-refractivity contribution is 0.0779. The maximum Gasteiger partial charge on any atom is 0.333 e. The highest BCUT2D eigenvalue weighted by atomic mass is 32.2. The Balaban J connectivity index is 1.43. The van der Waals surface area contributed by atoms with E-state index in [0.29, 0.717) is 5.69 Å². The van der Waals surface area contributed by atoms with Crippen LogP contribution in [-0.4, -0.2) is 24.5 Å². The summed E-state index contributed by atoms with van der Waals surface area (Å²) in [7, 11) is -4.29. The van der Waals surface area contributed by atoms with E-state index in [9.17, 15) is 18.3 Å². The molecule has 0 atom stereocenters. The monoisotopic (exact) mass is 517 g/mol. The molecule has 1 aliphatic rings. The van der Waals surface area contributed by atoms with Crippen LogP contribution in [0, 0.1) is 0 Å². The first-order valence-corrected chi connectivity index (χ1v) is 13.4. The number of sulfonamides is 1. The zero-order chi connectivity index (χ0) is 26.2. The van der Waals surface area contributed by atoms with Crippen molar-refractivity contribution in [2.45, 2.75) is 43.8 Å². The molecule has 0 bridgehead atoms. The molecule has 4 aromatic rings. The van der Waals surface area contributed by atoms with Crippen LogP contribution in [0.2, 0.25) is 0 Å². The number of furan rings is 1. The van der Waals surface area contributed by atoms with Crippen molar-refractivity contribution in [3.8, 4) is 22.3 Å². The van der Waals surface area contributed by atoms with Crippen molar-refractivity contribution < 1.29 is 22.7 Å². The number of hydrogen-bond donors (Lipinski definition) is 3. The summed E-state index contributed by atoms with van der Waals surface area (Å²) >= 11 is 0. The molecular weight excluding hydrogens is 490 g/mol. The molecule has 2 amide bonds. The molecular formula is C28H27N3O5S. The molecule has 0 spiro atoms. The Morgan fingerprint density at radius 3 is 2.46 bits per heavy atom. The van der Waals surface area contributed by atoms with E-state index in [0.717, 1.165) is 58.9 Å².